The van der Waals surface area contributed by atoms with E-state index in [2.05, 4.69) is 10.6 Å². The number of rotatable bonds is 5. The van der Waals surface area contributed by atoms with Crippen LogP contribution < -0.4 is 10.6 Å². The maximum absolute atomic E-state index is 11.7. The molecule has 1 unspecified atom stereocenters. The van der Waals surface area contributed by atoms with Gasteiger partial charge in [0.05, 0.1) is 12.7 Å². The van der Waals surface area contributed by atoms with Crippen molar-refractivity contribution >= 4 is 18.3 Å². The minimum Gasteiger partial charge on any atom is -0.376 e. The molecule has 2 N–H and O–H groups in total. The zero-order chi connectivity index (χ0) is 12.6. The van der Waals surface area contributed by atoms with E-state index in [1.165, 1.54) is 6.42 Å². The van der Waals surface area contributed by atoms with Crippen molar-refractivity contribution in [2.45, 2.75) is 44.2 Å². The van der Waals surface area contributed by atoms with E-state index in [0.29, 0.717) is 12.6 Å². The highest BCUT2D eigenvalue weighted by Crippen LogP contribution is 2.12. The Balaban J connectivity index is 0.00000180. The molecular weight excluding hydrogens is 268 g/mol. The number of carbonyl (C=O) groups excluding carboxylic acids is 1. The standard InChI is InChI=1S/C13H24N2O3.ClH/c16-13(15-11-4-6-14-7-5-11)10-17-9-12-3-1-2-8-18-12;/h11-12,14H,1-10H2,(H,15,16);1H. The van der Waals surface area contributed by atoms with Gasteiger partial charge in [-0.3, -0.25) is 4.79 Å². The molecule has 6 heteroatoms. The monoisotopic (exact) mass is 292 g/mol. The Bertz CT molecular complexity index is 254. The predicted molar refractivity (Wildman–Crippen MR) is 75.7 cm³/mol. The third kappa shape index (κ3) is 6.56. The topological polar surface area (TPSA) is 59.6 Å². The van der Waals surface area contributed by atoms with Crippen LogP contribution in [0.4, 0.5) is 0 Å². The summed E-state index contributed by atoms with van der Waals surface area (Å²) in [5.74, 6) is -0.00212. The second-order valence-corrected chi connectivity index (χ2v) is 5.10. The van der Waals surface area contributed by atoms with Crippen molar-refractivity contribution in [3.8, 4) is 0 Å². The molecule has 2 fully saturated rings. The fourth-order valence-corrected chi connectivity index (χ4v) is 2.46. The Morgan fingerprint density at radius 2 is 2.05 bits per heavy atom. The first-order valence-electron chi connectivity index (χ1n) is 7.04. The van der Waals surface area contributed by atoms with Gasteiger partial charge in [-0.05, 0) is 45.2 Å². The van der Waals surface area contributed by atoms with Gasteiger partial charge in [-0.2, -0.15) is 0 Å². The average Bonchev–Trinajstić information content (AvgIpc) is 2.41. The molecule has 0 bridgehead atoms. The van der Waals surface area contributed by atoms with Gasteiger partial charge in [0.1, 0.15) is 6.61 Å². The lowest BCUT2D eigenvalue weighted by Crippen LogP contribution is -2.44. The SMILES string of the molecule is Cl.O=C(COCC1CCCCO1)NC1CCNCC1. The molecule has 0 radical (unpaired) electrons. The number of nitrogens with one attached hydrogen (secondary N) is 2. The van der Waals surface area contributed by atoms with E-state index in [0.717, 1.165) is 45.4 Å². The predicted octanol–water partition coefficient (Wildman–Crippen LogP) is 0.862. The van der Waals surface area contributed by atoms with E-state index in [1.54, 1.807) is 0 Å². The van der Waals surface area contributed by atoms with Gasteiger partial charge in [0.15, 0.2) is 0 Å². The molecule has 2 heterocycles. The summed E-state index contributed by atoms with van der Waals surface area (Å²) in [6.45, 7) is 3.50. The van der Waals surface area contributed by atoms with Crippen LogP contribution in [0.1, 0.15) is 32.1 Å². The Morgan fingerprint density at radius 3 is 2.74 bits per heavy atom. The van der Waals surface area contributed by atoms with Crippen molar-refractivity contribution in [1.29, 1.82) is 0 Å². The minimum absolute atomic E-state index is 0. The molecule has 1 atom stereocenters. The highest BCUT2D eigenvalue weighted by atomic mass is 35.5. The Labute approximate surface area is 121 Å². The zero-order valence-corrected chi connectivity index (χ0v) is 12.2. The maximum Gasteiger partial charge on any atom is 0.246 e. The summed E-state index contributed by atoms with van der Waals surface area (Å²) in [5.41, 5.74) is 0. The Morgan fingerprint density at radius 1 is 1.26 bits per heavy atom. The zero-order valence-electron chi connectivity index (χ0n) is 11.4. The molecule has 0 saturated carbocycles. The highest BCUT2D eigenvalue weighted by molar-refractivity contribution is 5.85. The van der Waals surface area contributed by atoms with E-state index in [1.807, 2.05) is 0 Å². The molecule has 19 heavy (non-hydrogen) atoms. The molecule has 2 aliphatic rings. The number of carbonyl (C=O) groups is 1. The van der Waals surface area contributed by atoms with Gasteiger partial charge >= 0.3 is 0 Å². The lowest BCUT2D eigenvalue weighted by molar-refractivity contribution is -0.128. The molecule has 2 aliphatic heterocycles. The number of hydrogen-bond acceptors (Lipinski definition) is 4. The first-order chi connectivity index (χ1) is 8.84. The van der Waals surface area contributed by atoms with Crippen molar-refractivity contribution < 1.29 is 14.3 Å². The van der Waals surface area contributed by atoms with Crippen molar-refractivity contribution in [2.75, 3.05) is 32.9 Å². The maximum atomic E-state index is 11.7. The lowest BCUT2D eigenvalue weighted by Gasteiger charge is -2.24. The van der Waals surface area contributed by atoms with Gasteiger partial charge in [-0.15, -0.1) is 12.4 Å². The molecule has 0 spiro atoms. The lowest BCUT2D eigenvalue weighted by atomic mass is 10.1. The van der Waals surface area contributed by atoms with Crippen LogP contribution in [0.25, 0.3) is 0 Å². The summed E-state index contributed by atoms with van der Waals surface area (Å²) < 4.78 is 11.0. The van der Waals surface area contributed by atoms with Crippen molar-refractivity contribution in [3.63, 3.8) is 0 Å². The molecule has 5 nitrogen and oxygen atoms in total. The van der Waals surface area contributed by atoms with Gasteiger partial charge in [0, 0.05) is 12.6 Å². The molecule has 2 saturated heterocycles. The summed E-state index contributed by atoms with van der Waals surface area (Å²) >= 11 is 0. The molecule has 112 valence electrons. The summed E-state index contributed by atoms with van der Waals surface area (Å²) in [4.78, 5) is 11.7. The van der Waals surface area contributed by atoms with E-state index in [9.17, 15) is 4.79 Å². The first kappa shape index (κ1) is 16.7. The second-order valence-electron chi connectivity index (χ2n) is 5.10. The summed E-state index contributed by atoms with van der Waals surface area (Å²) in [6.07, 6.45) is 5.61. The quantitative estimate of drug-likeness (QED) is 0.789. The molecule has 0 aromatic rings. The number of halogens is 1. The van der Waals surface area contributed by atoms with Gasteiger partial charge < -0.3 is 20.1 Å². The van der Waals surface area contributed by atoms with Crippen LogP contribution in [-0.2, 0) is 14.3 Å². The fraction of sp³-hybridized carbons (Fsp3) is 0.923. The third-order valence-electron chi connectivity index (χ3n) is 3.52. The Hall–Kier alpha value is -0.360. The molecule has 0 aromatic heterocycles. The van der Waals surface area contributed by atoms with Crippen LogP contribution in [0, 0.1) is 0 Å². The summed E-state index contributed by atoms with van der Waals surface area (Å²) in [7, 11) is 0. The summed E-state index contributed by atoms with van der Waals surface area (Å²) in [5, 5.41) is 6.29. The second kappa shape index (κ2) is 9.53. The molecule has 1 amide bonds. The number of ether oxygens (including phenoxy) is 2. The van der Waals surface area contributed by atoms with E-state index in [-0.39, 0.29) is 31.0 Å². The van der Waals surface area contributed by atoms with Crippen LogP contribution in [0.2, 0.25) is 0 Å². The highest BCUT2D eigenvalue weighted by Gasteiger charge is 2.17. The van der Waals surface area contributed by atoms with Gasteiger partial charge in [0.2, 0.25) is 5.91 Å². The smallest absolute Gasteiger partial charge is 0.246 e. The van der Waals surface area contributed by atoms with Gasteiger partial charge in [-0.25, -0.2) is 0 Å². The largest absolute Gasteiger partial charge is 0.376 e. The molecular formula is C13H25ClN2O3. The normalized spacial score (nSPS) is 24.5. The van der Waals surface area contributed by atoms with Gasteiger partial charge in [0.25, 0.3) is 0 Å². The van der Waals surface area contributed by atoms with Crippen molar-refractivity contribution in [1.82, 2.24) is 10.6 Å². The molecule has 0 aromatic carbocycles. The van der Waals surface area contributed by atoms with E-state index >= 15 is 0 Å². The third-order valence-corrected chi connectivity index (χ3v) is 3.52. The Kier molecular flexibility index (Phi) is 8.37. The minimum atomic E-state index is -0.00212. The average molecular weight is 293 g/mol. The van der Waals surface area contributed by atoms with Gasteiger partial charge in [-0.1, -0.05) is 0 Å². The first-order valence-corrected chi connectivity index (χ1v) is 7.04. The molecule has 2 rings (SSSR count). The number of hydrogen-bond donors (Lipinski definition) is 2. The van der Waals surface area contributed by atoms with Crippen LogP contribution in [-0.4, -0.2) is 51.0 Å². The molecule has 0 aliphatic carbocycles. The van der Waals surface area contributed by atoms with Crippen molar-refractivity contribution in [2.24, 2.45) is 0 Å². The van der Waals surface area contributed by atoms with Crippen molar-refractivity contribution in [3.05, 3.63) is 0 Å². The number of amides is 1. The summed E-state index contributed by atoms with van der Waals surface area (Å²) in [6, 6.07) is 0.313. The van der Waals surface area contributed by atoms with Crippen LogP contribution in [0.3, 0.4) is 0 Å². The van der Waals surface area contributed by atoms with Crippen LogP contribution >= 0.6 is 12.4 Å². The van der Waals surface area contributed by atoms with E-state index in [4.69, 9.17) is 9.47 Å². The van der Waals surface area contributed by atoms with Crippen LogP contribution in [0.15, 0.2) is 0 Å². The van der Waals surface area contributed by atoms with E-state index < -0.39 is 0 Å². The fourth-order valence-electron chi connectivity index (χ4n) is 2.46. The van der Waals surface area contributed by atoms with Crippen LogP contribution in [0.5, 0.6) is 0 Å². The number of piperidine rings is 1.